The average molecular weight is 869 g/mol. The first-order valence-corrected chi connectivity index (χ1v) is 21.6. The number of carbonyl (C=O) groups is 2. The average Bonchev–Trinajstić information content (AvgIpc) is 3.97. The summed E-state index contributed by atoms with van der Waals surface area (Å²) in [6.07, 6.45) is 1.34. The molecule has 0 saturated carbocycles. The quantitative estimate of drug-likeness (QED) is 0.0591. The van der Waals surface area contributed by atoms with Crippen LogP contribution >= 0.6 is 0 Å². The van der Waals surface area contributed by atoms with E-state index in [1.807, 2.05) is 90.1 Å². The minimum absolute atomic E-state index is 0.313. The van der Waals surface area contributed by atoms with Crippen molar-refractivity contribution in [3.8, 4) is 45.1 Å². The largest absolute Gasteiger partial charge is 0.496 e. The number of aliphatic hydroxyl groups is 2. The number of hydrogen-bond acceptors (Lipinski definition) is 8. The first-order valence-electron chi connectivity index (χ1n) is 21.6. The van der Waals surface area contributed by atoms with Crippen LogP contribution in [0.2, 0.25) is 0 Å². The molecule has 4 atom stereocenters. The van der Waals surface area contributed by atoms with Crippen LogP contribution in [-0.2, 0) is 9.59 Å². The Morgan fingerprint density at radius 3 is 1.14 bits per heavy atom. The summed E-state index contributed by atoms with van der Waals surface area (Å²) >= 11 is 0. The SMILES string of the molecule is COc1ccccc1C(O)C(C)(C)C(=O)NC(c1ncc(-c2ccc(-c3ccc(-c4cnc(C(NC(=O)C(C)(C)C(O)c5ccccc5OC)C(C)(C)C)[nH]4)cc3)cc2)[nH]1)C(C)(C)C. The maximum Gasteiger partial charge on any atom is 0.229 e. The lowest BCUT2D eigenvalue weighted by atomic mass is 9.79. The van der Waals surface area contributed by atoms with Crippen LogP contribution in [0, 0.1) is 21.7 Å². The first kappa shape index (κ1) is 47.2. The molecule has 6 aromatic rings. The molecule has 12 nitrogen and oxygen atoms in total. The lowest BCUT2D eigenvalue weighted by molar-refractivity contribution is -0.138. The van der Waals surface area contributed by atoms with E-state index in [9.17, 15) is 19.8 Å². The van der Waals surface area contributed by atoms with Crippen LogP contribution in [0.5, 0.6) is 11.5 Å². The van der Waals surface area contributed by atoms with Crippen molar-refractivity contribution < 1.29 is 29.3 Å². The van der Waals surface area contributed by atoms with Crippen molar-refractivity contribution in [2.24, 2.45) is 21.7 Å². The van der Waals surface area contributed by atoms with Gasteiger partial charge >= 0.3 is 0 Å². The molecular weight excluding hydrogens is 805 g/mol. The lowest BCUT2D eigenvalue weighted by Crippen LogP contribution is -2.46. The second-order valence-corrected chi connectivity index (χ2v) is 19.8. The van der Waals surface area contributed by atoms with Crippen LogP contribution < -0.4 is 20.1 Å². The Morgan fingerprint density at radius 2 is 0.828 bits per heavy atom. The van der Waals surface area contributed by atoms with Crippen molar-refractivity contribution in [3.05, 3.63) is 132 Å². The number of benzene rings is 4. The van der Waals surface area contributed by atoms with Crippen LogP contribution in [-0.4, -0.2) is 56.2 Å². The van der Waals surface area contributed by atoms with E-state index in [1.54, 1.807) is 78.6 Å². The molecular formula is C52H64N6O6. The Hall–Kier alpha value is -6.24. The Morgan fingerprint density at radius 1 is 0.516 bits per heavy atom. The Kier molecular flexibility index (Phi) is 13.6. The number of aliphatic hydroxyl groups excluding tert-OH is 2. The lowest BCUT2D eigenvalue weighted by Gasteiger charge is -2.35. The summed E-state index contributed by atoms with van der Waals surface area (Å²) in [5.74, 6) is 1.64. The molecule has 64 heavy (non-hydrogen) atoms. The summed E-state index contributed by atoms with van der Waals surface area (Å²) in [4.78, 5) is 44.1. The van der Waals surface area contributed by atoms with Crippen LogP contribution in [0.3, 0.4) is 0 Å². The molecule has 0 bridgehead atoms. The van der Waals surface area contributed by atoms with Crippen molar-refractivity contribution in [1.29, 1.82) is 0 Å². The first-order chi connectivity index (χ1) is 30.1. The van der Waals surface area contributed by atoms with Crippen LogP contribution in [0.15, 0.2) is 109 Å². The van der Waals surface area contributed by atoms with Gasteiger partial charge in [-0.25, -0.2) is 9.97 Å². The van der Waals surface area contributed by atoms with Crippen molar-refractivity contribution in [2.75, 3.05) is 14.2 Å². The van der Waals surface area contributed by atoms with Gasteiger partial charge in [-0.3, -0.25) is 9.59 Å². The minimum atomic E-state index is -1.18. The van der Waals surface area contributed by atoms with E-state index < -0.39 is 46.0 Å². The molecule has 2 aromatic heterocycles. The van der Waals surface area contributed by atoms with Crippen molar-refractivity contribution in [2.45, 2.75) is 93.5 Å². The Bertz CT molecular complexity index is 2370. The molecule has 0 aliphatic rings. The van der Waals surface area contributed by atoms with Gasteiger partial charge in [-0.15, -0.1) is 0 Å². The highest BCUT2D eigenvalue weighted by molar-refractivity contribution is 5.84. The summed E-state index contributed by atoms with van der Waals surface area (Å²) in [5, 5.41) is 29.1. The van der Waals surface area contributed by atoms with Gasteiger partial charge in [0.25, 0.3) is 0 Å². The zero-order valence-corrected chi connectivity index (χ0v) is 39.1. The van der Waals surface area contributed by atoms with E-state index in [0.29, 0.717) is 34.3 Å². The summed E-state index contributed by atoms with van der Waals surface area (Å²) in [6, 6.07) is 29.8. The summed E-state index contributed by atoms with van der Waals surface area (Å²) in [5.41, 5.74) is 3.47. The standard InChI is InChI=1S/C52H64N6O6/c1-49(2,3)41(57-47(61)51(7,8)43(59)35-17-13-15-19-39(35)63-11)45-53-29-37(55-45)33-25-21-31(22-26-33)32-23-27-34(28-24-32)38-30-54-46(56-38)42(50(4,5)6)58-48(62)52(9,10)44(60)36-18-14-16-20-40(36)64-12/h13-30,41-44,59-60H,1-12H3,(H,53,55)(H,54,56)(H,57,61)(H,58,62). The third kappa shape index (κ3) is 9.93. The zero-order valence-electron chi connectivity index (χ0n) is 39.1. The fourth-order valence-electron chi connectivity index (χ4n) is 7.78. The molecule has 2 amide bonds. The number of ether oxygens (including phenoxy) is 2. The predicted molar refractivity (Wildman–Crippen MR) is 251 cm³/mol. The maximum absolute atomic E-state index is 13.9. The topological polar surface area (TPSA) is 174 Å². The number of amides is 2. The van der Waals surface area contributed by atoms with Crippen molar-refractivity contribution in [1.82, 2.24) is 30.6 Å². The molecule has 12 heteroatoms. The fraction of sp³-hybridized carbons (Fsp3) is 0.385. The second-order valence-electron chi connectivity index (χ2n) is 19.8. The monoisotopic (exact) mass is 868 g/mol. The number of nitrogens with zero attached hydrogens (tertiary/aromatic N) is 2. The number of H-pyrrole nitrogens is 2. The predicted octanol–water partition coefficient (Wildman–Crippen LogP) is 10.1. The Balaban J connectivity index is 1.14. The molecule has 6 rings (SSSR count). The highest BCUT2D eigenvalue weighted by Crippen LogP contribution is 2.42. The number of aromatic nitrogens is 4. The van der Waals surface area contributed by atoms with Gasteiger partial charge in [0.1, 0.15) is 23.1 Å². The van der Waals surface area contributed by atoms with Gasteiger partial charge in [-0.05, 0) is 72.9 Å². The Labute approximate surface area is 377 Å². The van der Waals surface area contributed by atoms with E-state index in [-0.39, 0.29) is 11.8 Å². The minimum Gasteiger partial charge on any atom is -0.496 e. The second kappa shape index (κ2) is 18.5. The van der Waals surface area contributed by atoms with Gasteiger partial charge in [0.05, 0.1) is 73.1 Å². The van der Waals surface area contributed by atoms with Gasteiger partial charge < -0.3 is 40.3 Å². The number of nitrogens with one attached hydrogen (secondary N) is 4. The third-order valence-corrected chi connectivity index (χ3v) is 12.2. The fourth-order valence-corrected chi connectivity index (χ4v) is 7.78. The molecule has 0 saturated heterocycles. The van der Waals surface area contributed by atoms with Crippen LogP contribution in [0.25, 0.3) is 33.6 Å². The summed E-state index contributed by atoms with van der Waals surface area (Å²) in [7, 11) is 3.09. The molecule has 6 N–H and O–H groups in total. The molecule has 2 heterocycles. The molecule has 0 fully saturated rings. The molecule has 0 aliphatic heterocycles. The molecule has 4 aromatic carbocycles. The molecule has 4 unspecified atom stereocenters. The number of imidazole rings is 2. The van der Waals surface area contributed by atoms with Crippen molar-refractivity contribution >= 4 is 11.8 Å². The zero-order chi connectivity index (χ0) is 46.8. The third-order valence-electron chi connectivity index (χ3n) is 12.2. The van der Waals surface area contributed by atoms with Crippen LogP contribution in [0.4, 0.5) is 0 Å². The smallest absolute Gasteiger partial charge is 0.229 e. The summed E-state index contributed by atoms with van der Waals surface area (Å²) < 4.78 is 10.9. The van der Waals surface area contributed by atoms with Crippen molar-refractivity contribution in [3.63, 3.8) is 0 Å². The number of hydrogen-bond donors (Lipinski definition) is 6. The van der Waals surface area contributed by atoms with E-state index in [1.165, 1.54) is 0 Å². The highest BCUT2D eigenvalue weighted by atomic mass is 16.5. The highest BCUT2D eigenvalue weighted by Gasteiger charge is 2.43. The molecule has 338 valence electrons. The van der Waals surface area contributed by atoms with E-state index in [4.69, 9.17) is 19.4 Å². The van der Waals surface area contributed by atoms with E-state index in [2.05, 4.69) is 44.9 Å². The molecule has 0 spiro atoms. The number of methoxy groups -OCH3 is 2. The van der Waals surface area contributed by atoms with Gasteiger partial charge in [0.2, 0.25) is 11.8 Å². The number of para-hydroxylation sites is 2. The van der Waals surface area contributed by atoms with E-state index >= 15 is 0 Å². The number of rotatable bonds is 15. The normalized spacial score (nSPS) is 14.3. The number of aromatic amines is 2. The molecule has 0 aliphatic carbocycles. The van der Waals surface area contributed by atoms with Gasteiger partial charge in [0, 0.05) is 11.1 Å². The van der Waals surface area contributed by atoms with Gasteiger partial charge in [-0.1, -0.05) is 126 Å². The summed E-state index contributed by atoms with van der Waals surface area (Å²) in [6.45, 7) is 19.1. The molecule has 0 radical (unpaired) electrons. The maximum atomic E-state index is 13.9. The number of carbonyl (C=O) groups excluding carboxylic acids is 2. The van der Waals surface area contributed by atoms with Crippen LogP contribution in [0.1, 0.15) is 116 Å². The van der Waals surface area contributed by atoms with E-state index in [0.717, 1.165) is 33.6 Å². The van der Waals surface area contributed by atoms with Gasteiger partial charge in [-0.2, -0.15) is 0 Å². The van der Waals surface area contributed by atoms with Gasteiger partial charge in [0.15, 0.2) is 0 Å².